The van der Waals surface area contributed by atoms with Crippen LogP contribution in [0, 0.1) is 0 Å². The summed E-state index contributed by atoms with van der Waals surface area (Å²) < 4.78 is 0. The Morgan fingerprint density at radius 3 is 2.75 bits per heavy atom. The molecule has 1 aromatic rings. The number of nitrogens with zero attached hydrogens (tertiary/aromatic N) is 1. The first-order valence-electron chi connectivity index (χ1n) is 8.37. The van der Waals surface area contributed by atoms with E-state index in [0.717, 1.165) is 12.6 Å². The van der Waals surface area contributed by atoms with Gasteiger partial charge >= 0.3 is 0 Å². The van der Waals surface area contributed by atoms with Crippen molar-refractivity contribution in [2.75, 3.05) is 19.6 Å². The highest BCUT2D eigenvalue weighted by atomic mass is 15.2. The maximum absolute atomic E-state index is 3.72. The third kappa shape index (κ3) is 4.32. The van der Waals surface area contributed by atoms with Crippen molar-refractivity contribution in [2.45, 2.75) is 58.0 Å². The SMILES string of the molecule is CCCNC(CCN1CCCC1CC)c1ccccc1. The van der Waals surface area contributed by atoms with Gasteiger partial charge in [-0.25, -0.2) is 0 Å². The first-order chi connectivity index (χ1) is 9.85. The molecule has 1 fully saturated rings. The highest BCUT2D eigenvalue weighted by molar-refractivity contribution is 5.18. The van der Waals surface area contributed by atoms with E-state index in [1.165, 1.54) is 50.8 Å². The Labute approximate surface area is 124 Å². The summed E-state index contributed by atoms with van der Waals surface area (Å²) in [6.07, 6.45) is 6.51. The molecule has 0 amide bonds. The first kappa shape index (κ1) is 15.5. The molecule has 2 unspecified atom stereocenters. The molecule has 112 valence electrons. The highest BCUT2D eigenvalue weighted by Crippen LogP contribution is 2.23. The second-order valence-corrected chi connectivity index (χ2v) is 5.95. The molecule has 0 aliphatic carbocycles. The Morgan fingerprint density at radius 2 is 2.05 bits per heavy atom. The molecule has 0 spiro atoms. The number of hydrogen-bond donors (Lipinski definition) is 1. The molecule has 2 nitrogen and oxygen atoms in total. The largest absolute Gasteiger partial charge is 0.310 e. The van der Waals surface area contributed by atoms with Crippen molar-refractivity contribution < 1.29 is 0 Å². The summed E-state index contributed by atoms with van der Waals surface area (Å²) in [6, 6.07) is 12.3. The van der Waals surface area contributed by atoms with Crippen LogP contribution in [0.25, 0.3) is 0 Å². The third-order valence-electron chi connectivity index (χ3n) is 4.52. The molecule has 1 heterocycles. The lowest BCUT2D eigenvalue weighted by atomic mass is 10.0. The van der Waals surface area contributed by atoms with E-state index < -0.39 is 0 Å². The van der Waals surface area contributed by atoms with Crippen LogP contribution in [0.15, 0.2) is 30.3 Å². The quantitative estimate of drug-likeness (QED) is 0.771. The zero-order valence-electron chi connectivity index (χ0n) is 13.1. The van der Waals surface area contributed by atoms with Crippen LogP contribution in [0.3, 0.4) is 0 Å². The Kier molecular flexibility index (Phi) is 6.55. The van der Waals surface area contributed by atoms with E-state index in [1.54, 1.807) is 0 Å². The van der Waals surface area contributed by atoms with Gasteiger partial charge in [-0.15, -0.1) is 0 Å². The second-order valence-electron chi connectivity index (χ2n) is 5.95. The fourth-order valence-electron chi connectivity index (χ4n) is 3.34. The molecule has 0 bridgehead atoms. The van der Waals surface area contributed by atoms with Gasteiger partial charge in [-0.3, -0.25) is 0 Å². The molecule has 1 aromatic carbocycles. The van der Waals surface area contributed by atoms with E-state index in [4.69, 9.17) is 0 Å². The normalized spacial score (nSPS) is 21.2. The predicted molar refractivity (Wildman–Crippen MR) is 87.0 cm³/mol. The van der Waals surface area contributed by atoms with Gasteiger partial charge in [0.05, 0.1) is 0 Å². The summed E-state index contributed by atoms with van der Waals surface area (Å²) in [6.45, 7) is 8.20. The van der Waals surface area contributed by atoms with Gasteiger partial charge in [0.2, 0.25) is 0 Å². The van der Waals surface area contributed by atoms with Gasteiger partial charge in [-0.05, 0) is 50.8 Å². The van der Waals surface area contributed by atoms with Gasteiger partial charge in [-0.1, -0.05) is 44.2 Å². The van der Waals surface area contributed by atoms with Crippen molar-refractivity contribution in [3.05, 3.63) is 35.9 Å². The summed E-state index contributed by atoms with van der Waals surface area (Å²) in [7, 11) is 0. The summed E-state index contributed by atoms with van der Waals surface area (Å²) >= 11 is 0. The Morgan fingerprint density at radius 1 is 1.25 bits per heavy atom. The molecule has 1 N–H and O–H groups in total. The van der Waals surface area contributed by atoms with Crippen LogP contribution >= 0.6 is 0 Å². The molecule has 1 saturated heterocycles. The van der Waals surface area contributed by atoms with Crippen molar-refractivity contribution in [2.24, 2.45) is 0 Å². The number of likely N-dealkylation sites (tertiary alicyclic amines) is 1. The summed E-state index contributed by atoms with van der Waals surface area (Å²) in [5.41, 5.74) is 1.44. The zero-order valence-corrected chi connectivity index (χ0v) is 13.1. The van der Waals surface area contributed by atoms with Gasteiger partial charge in [-0.2, -0.15) is 0 Å². The van der Waals surface area contributed by atoms with Gasteiger partial charge in [0.15, 0.2) is 0 Å². The maximum Gasteiger partial charge on any atom is 0.0332 e. The van der Waals surface area contributed by atoms with Crippen LogP contribution in [-0.2, 0) is 0 Å². The molecule has 0 radical (unpaired) electrons. The maximum atomic E-state index is 3.72. The molecule has 2 atom stereocenters. The third-order valence-corrected chi connectivity index (χ3v) is 4.52. The molecule has 2 heteroatoms. The van der Waals surface area contributed by atoms with Crippen LogP contribution in [-0.4, -0.2) is 30.6 Å². The van der Waals surface area contributed by atoms with E-state index >= 15 is 0 Å². The summed E-state index contributed by atoms with van der Waals surface area (Å²) in [4.78, 5) is 2.70. The van der Waals surface area contributed by atoms with Crippen molar-refractivity contribution in [3.8, 4) is 0 Å². The van der Waals surface area contributed by atoms with E-state index in [9.17, 15) is 0 Å². The van der Waals surface area contributed by atoms with E-state index in [2.05, 4.69) is 54.4 Å². The Balaban J connectivity index is 1.90. The average Bonchev–Trinajstić information content (AvgIpc) is 2.96. The second kappa shape index (κ2) is 8.43. The van der Waals surface area contributed by atoms with Crippen LogP contribution in [0.5, 0.6) is 0 Å². The van der Waals surface area contributed by atoms with Crippen molar-refractivity contribution in [1.29, 1.82) is 0 Å². The van der Waals surface area contributed by atoms with Crippen molar-refractivity contribution in [1.82, 2.24) is 10.2 Å². The molecule has 0 aromatic heterocycles. The highest BCUT2D eigenvalue weighted by Gasteiger charge is 2.23. The van der Waals surface area contributed by atoms with Crippen molar-refractivity contribution in [3.63, 3.8) is 0 Å². The van der Waals surface area contributed by atoms with E-state index in [-0.39, 0.29) is 0 Å². The van der Waals surface area contributed by atoms with Crippen LogP contribution in [0.4, 0.5) is 0 Å². The molecule has 0 saturated carbocycles. The molecule has 1 aliphatic heterocycles. The lowest BCUT2D eigenvalue weighted by Crippen LogP contribution is -2.33. The fourth-order valence-corrected chi connectivity index (χ4v) is 3.34. The number of hydrogen-bond acceptors (Lipinski definition) is 2. The predicted octanol–water partition coefficient (Wildman–Crippen LogP) is 3.99. The summed E-state index contributed by atoms with van der Waals surface area (Å²) in [5, 5.41) is 3.72. The minimum absolute atomic E-state index is 0.509. The van der Waals surface area contributed by atoms with Crippen LogP contribution in [0.1, 0.15) is 57.6 Å². The molecule has 1 aliphatic rings. The van der Waals surface area contributed by atoms with Gasteiger partial charge in [0, 0.05) is 18.6 Å². The molecule has 2 rings (SSSR count). The average molecular weight is 274 g/mol. The van der Waals surface area contributed by atoms with Crippen LogP contribution < -0.4 is 5.32 Å². The van der Waals surface area contributed by atoms with Gasteiger partial charge in [0.25, 0.3) is 0 Å². The minimum Gasteiger partial charge on any atom is -0.310 e. The van der Waals surface area contributed by atoms with Crippen LogP contribution in [0.2, 0.25) is 0 Å². The summed E-state index contributed by atoms with van der Waals surface area (Å²) in [5.74, 6) is 0. The van der Waals surface area contributed by atoms with E-state index in [1.807, 2.05) is 0 Å². The lowest BCUT2D eigenvalue weighted by Gasteiger charge is -2.26. The number of nitrogens with one attached hydrogen (secondary N) is 1. The smallest absolute Gasteiger partial charge is 0.0332 e. The van der Waals surface area contributed by atoms with Gasteiger partial charge in [0.1, 0.15) is 0 Å². The monoisotopic (exact) mass is 274 g/mol. The lowest BCUT2D eigenvalue weighted by molar-refractivity contribution is 0.234. The standard InChI is InChI=1S/C18H30N2/c1-3-13-19-18(16-9-6-5-7-10-16)12-15-20-14-8-11-17(20)4-2/h5-7,9-10,17-19H,3-4,8,11-15H2,1-2H3. The number of rotatable bonds is 8. The Hall–Kier alpha value is -0.860. The molecule has 20 heavy (non-hydrogen) atoms. The van der Waals surface area contributed by atoms with Crippen molar-refractivity contribution >= 4 is 0 Å². The first-order valence-corrected chi connectivity index (χ1v) is 8.37. The van der Waals surface area contributed by atoms with E-state index in [0.29, 0.717) is 6.04 Å². The van der Waals surface area contributed by atoms with Gasteiger partial charge < -0.3 is 10.2 Å². The Bertz CT molecular complexity index is 363. The topological polar surface area (TPSA) is 15.3 Å². The molecular weight excluding hydrogens is 244 g/mol. The number of benzene rings is 1. The zero-order chi connectivity index (χ0) is 14.2. The fraction of sp³-hybridized carbons (Fsp3) is 0.667. The molecular formula is C18H30N2. The minimum atomic E-state index is 0.509.